The van der Waals surface area contributed by atoms with E-state index in [1.54, 1.807) is 30.1 Å². The first-order chi connectivity index (χ1) is 21.9. The molecule has 0 bridgehead atoms. The summed E-state index contributed by atoms with van der Waals surface area (Å²) in [4.78, 5) is 39.1. The Morgan fingerprint density at radius 3 is 2.67 bits per heavy atom. The Balaban J connectivity index is 1.24. The van der Waals surface area contributed by atoms with Crippen molar-refractivity contribution in [3.05, 3.63) is 89.4 Å². The van der Waals surface area contributed by atoms with Crippen LogP contribution in [0.3, 0.4) is 0 Å². The molecule has 2 N–H and O–H groups in total. The molecule has 11 nitrogen and oxygen atoms in total. The van der Waals surface area contributed by atoms with E-state index in [-0.39, 0.29) is 23.5 Å². The predicted molar refractivity (Wildman–Crippen MR) is 166 cm³/mol. The van der Waals surface area contributed by atoms with Gasteiger partial charge in [-0.1, -0.05) is 42.5 Å². The number of hydrogen-bond donors (Lipinski definition) is 2. The summed E-state index contributed by atoms with van der Waals surface area (Å²) >= 11 is 0. The molecule has 3 atom stereocenters. The molecule has 3 aliphatic rings. The first kappa shape index (κ1) is 28.7. The van der Waals surface area contributed by atoms with Crippen LogP contribution in [0.5, 0.6) is 5.88 Å². The average molecular weight is 610 g/mol. The Morgan fingerprint density at radius 1 is 1.07 bits per heavy atom. The normalized spacial score (nSPS) is 20.8. The van der Waals surface area contributed by atoms with E-state index < -0.39 is 23.8 Å². The number of anilines is 2. The average Bonchev–Trinajstić information content (AvgIpc) is 3.66. The molecule has 0 spiro atoms. The third-order valence-corrected chi connectivity index (χ3v) is 8.36. The summed E-state index contributed by atoms with van der Waals surface area (Å²) in [6.45, 7) is 4.08. The topological polar surface area (TPSA) is 123 Å². The number of halogens is 1. The van der Waals surface area contributed by atoms with Crippen LogP contribution in [0.25, 0.3) is 11.3 Å². The molecular formula is C33H32FN7O4. The lowest BCUT2D eigenvalue weighted by Gasteiger charge is -2.22. The number of aromatic nitrogens is 3. The molecule has 0 aliphatic carbocycles. The number of nitrogens with one attached hydrogen (secondary N) is 2. The van der Waals surface area contributed by atoms with Crippen molar-refractivity contribution in [1.82, 2.24) is 20.1 Å². The van der Waals surface area contributed by atoms with Gasteiger partial charge in [0.25, 0.3) is 11.8 Å². The molecule has 12 heteroatoms. The molecule has 2 aromatic heterocycles. The van der Waals surface area contributed by atoms with Crippen molar-refractivity contribution in [2.45, 2.75) is 44.7 Å². The number of para-hydroxylation sites is 1. The number of nitrogens with zero attached hydrogens (tertiary/aromatic N) is 5. The number of ether oxygens (including phenoxy) is 2. The van der Waals surface area contributed by atoms with Gasteiger partial charge in [0.05, 0.1) is 23.6 Å². The number of hydrogen-bond acceptors (Lipinski definition) is 8. The fourth-order valence-corrected chi connectivity index (χ4v) is 5.94. The highest BCUT2D eigenvalue weighted by Crippen LogP contribution is 2.35. The van der Waals surface area contributed by atoms with Crippen LogP contribution in [0.4, 0.5) is 15.9 Å². The molecule has 5 heterocycles. The number of methoxy groups -OCH3 is 1. The predicted octanol–water partition coefficient (Wildman–Crippen LogP) is 4.03. The van der Waals surface area contributed by atoms with E-state index in [1.807, 2.05) is 49.4 Å². The molecule has 45 heavy (non-hydrogen) atoms. The largest absolute Gasteiger partial charge is 0.474 e. The standard InChI is InChI=1S/C33H32FN7O4/c1-19-13-16-41-33(45-19)26(28(39-41)21-11-12-25(35-17-21)40-15-14-22(18-40)44-2)31(42)38-30-32(43)37-29-23(9-6-10-24(29)34)27(36-30)20-7-4-3-5-8-20/h3-12,17,19,22,30H,13-16,18H2,1-2H3,(H,37,43)(H,38,42)/t19?,22-,30+/m0/s1. The zero-order valence-corrected chi connectivity index (χ0v) is 24.9. The molecule has 3 aliphatic heterocycles. The van der Waals surface area contributed by atoms with Crippen LogP contribution in [0.2, 0.25) is 0 Å². The quantitative estimate of drug-likeness (QED) is 0.339. The fraction of sp³-hybridized carbons (Fsp3) is 0.303. The van der Waals surface area contributed by atoms with Crippen LogP contribution in [0.1, 0.15) is 41.3 Å². The van der Waals surface area contributed by atoms with Crippen molar-refractivity contribution in [2.75, 3.05) is 30.4 Å². The number of rotatable bonds is 6. The van der Waals surface area contributed by atoms with Gasteiger partial charge in [-0.25, -0.2) is 19.0 Å². The van der Waals surface area contributed by atoms with Crippen LogP contribution in [0.15, 0.2) is 71.9 Å². The molecule has 1 unspecified atom stereocenters. The van der Waals surface area contributed by atoms with E-state index in [1.165, 1.54) is 6.07 Å². The number of carbonyl (C=O) groups excluding carboxylic acids is 2. The first-order valence-electron chi connectivity index (χ1n) is 14.9. The highest BCUT2D eigenvalue weighted by Gasteiger charge is 2.34. The molecule has 230 valence electrons. The molecule has 0 saturated carbocycles. The van der Waals surface area contributed by atoms with Gasteiger partial charge in [0, 0.05) is 56.1 Å². The lowest BCUT2D eigenvalue weighted by molar-refractivity contribution is -0.117. The van der Waals surface area contributed by atoms with Crippen LogP contribution >= 0.6 is 0 Å². The molecule has 2 aromatic carbocycles. The number of aryl methyl sites for hydroxylation is 1. The summed E-state index contributed by atoms with van der Waals surface area (Å²) in [5.74, 6) is -0.765. The van der Waals surface area contributed by atoms with Gasteiger partial charge in [-0.2, -0.15) is 5.10 Å². The van der Waals surface area contributed by atoms with Crippen molar-refractivity contribution in [3.63, 3.8) is 0 Å². The summed E-state index contributed by atoms with van der Waals surface area (Å²) in [5, 5.41) is 10.1. The first-order valence-corrected chi connectivity index (χ1v) is 14.9. The monoisotopic (exact) mass is 609 g/mol. The van der Waals surface area contributed by atoms with Gasteiger partial charge in [-0.15, -0.1) is 0 Å². The third-order valence-electron chi connectivity index (χ3n) is 8.36. The van der Waals surface area contributed by atoms with Gasteiger partial charge in [-0.3, -0.25) is 9.59 Å². The Bertz CT molecular complexity index is 1790. The Labute approximate surface area is 259 Å². The van der Waals surface area contributed by atoms with Gasteiger partial charge >= 0.3 is 0 Å². The zero-order valence-electron chi connectivity index (χ0n) is 24.9. The minimum atomic E-state index is -1.37. The lowest BCUT2D eigenvalue weighted by Crippen LogP contribution is -2.42. The third kappa shape index (κ3) is 5.42. The maximum atomic E-state index is 15.0. The minimum Gasteiger partial charge on any atom is -0.474 e. The maximum absolute atomic E-state index is 15.0. The highest BCUT2D eigenvalue weighted by molar-refractivity contribution is 6.20. The molecule has 7 rings (SSSR count). The fourth-order valence-electron chi connectivity index (χ4n) is 5.94. The Hall–Kier alpha value is -5.10. The summed E-state index contributed by atoms with van der Waals surface area (Å²) in [6, 6.07) is 17.4. The van der Waals surface area contributed by atoms with Crippen LogP contribution in [0, 0.1) is 5.82 Å². The molecule has 4 aromatic rings. The van der Waals surface area contributed by atoms with Crippen molar-refractivity contribution in [1.29, 1.82) is 0 Å². The van der Waals surface area contributed by atoms with E-state index >= 15 is 0 Å². The second-order valence-corrected chi connectivity index (χ2v) is 11.3. The number of benzene rings is 2. The van der Waals surface area contributed by atoms with Crippen LogP contribution < -0.4 is 20.3 Å². The van der Waals surface area contributed by atoms with Gasteiger partial charge in [0.1, 0.15) is 22.9 Å². The number of amides is 2. The summed E-state index contributed by atoms with van der Waals surface area (Å²) < 4.78 is 28.2. The second kappa shape index (κ2) is 11.8. The van der Waals surface area contributed by atoms with E-state index in [4.69, 9.17) is 14.6 Å². The van der Waals surface area contributed by atoms with Crippen molar-refractivity contribution >= 4 is 29.0 Å². The van der Waals surface area contributed by atoms with Crippen molar-refractivity contribution in [3.8, 4) is 17.1 Å². The van der Waals surface area contributed by atoms with Gasteiger partial charge < -0.3 is 25.0 Å². The number of pyridine rings is 1. The Morgan fingerprint density at radius 2 is 1.91 bits per heavy atom. The molecule has 1 saturated heterocycles. The van der Waals surface area contributed by atoms with E-state index in [0.717, 1.165) is 31.7 Å². The van der Waals surface area contributed by atoms with Gasteiger partial charge in [0.15, 0.2) is 0 Å². The number of fused-ring (bicyclic) bond motifs is 2. The zero-order chi connectivity index (χ0) is 31.1. The molecule has 0 radical (unpaired) electrons. The van der Waals surface area contributed by atoms with E-state index in [0.29, 0.717) is 40.5 Å². The maximum Gasteiger partial charge on any atom is 0.269 e. The molecule has 2 amide bonds. The number of carbonyl (C=O) groups is 2. The minimum absolute atomic E-state index is 0.00333. The van der Waals surface area contributed by atoms with Gasteiger partial charge in [-0.05, 0) is 31.5 Å². The lowest BCUT2D eigenvalue weighted by atomic mass is 10.0. The second-order valence-electron chi connectivity index (χ2n) is 11.3. The summed E-state index contributed by atoms with van der Waals surface area (Å²) in [7, 11) is 1.71. The summed E-state index contributed by atoms with van der Waals surface area (Å²) in [5.41, 5.74) is 2.63. The number of benzodiazepines with no additional fused rings is 1. The van der Waals surface area contributed by atoms with Crippen molar-refractivity contribution in [2.24, 2.45) is 4.99 Å². The van der Waals surface area contributed by atoms with Crippen LogP contribution in [-0.2, 0) is 16.1 Å². The smallest absolute Gasteiger partial charge is 0.269 e. The van der Waals surface area contributed by atoms with E-state index in [9.17, 15) is 14.0 Å². The summed E-state index contributed by atoms with van der Waals surface area (Å²) in [6.07, 6.45) is 1.99. The highest BCUT2D eigenvalue weighted by atomic mass is 19.1. The Kier molecular flexibility index (Phi) is 7.50. The van der Waals surface area contributed by atoms with Gasteiger partial charge in [0.2, 0.25) is 12.0 Å². The molecule has 1 fully saturated rings. The van der Waals surface area contributed by atoms with Crippen molar-refractivity contribution < 1.29 is 23.5 Å². The number of aliphatic imine (C=N–C) groups is 1. The van der Waals surface area contributed by atoms with E-state index in [2.05, 4.69) is 25.5 Å². The van der Waals surface area contributed by atoms with Crippen LogP contribution in [-0.4, -0.2) is 70.9 Å². The SMILES string of the molecule is CO[C@H]1CCN(c2ccc(-c3nn4c(c3C(=O)N[C@H]3N=C(c5ccccc5)c5cccc(F)c5NC3=O)OC(C)CC4)cn2)C1. The molecular weight excluding hydrogens is 577 g/mol.